The second-order valence-electron chi connectivity index (χ2n) is 2.41. The molecule has 1 heterocycles. The molecule has 0 bridgehead atoms. The summed E-state index contributed by atoms with van der Waals surface area (Å²) in [6.07, 6.45) is 3.41. The molecule has 0 aliphatic carbocycles. The van der Waals surface area contributed by atoms with Gasteiger partial charge < -0.3 is 4.90 Å². The largest absolute Gasteiger partial charge is 0.338 e. The molecule has 0 aliphatic rings. The van der Waals surface area contributed by atoms with Gasteiger partial charge in [0.05, 0.1) is 0 Å². The minimum atomic E-state index is 0.551. The van der Waals surface area contributed by atoms with Crippen LogP contribution in [-0.4, -0.2) is 34.8 Å². The number of aromatic nitrogens is 2. The van der Waals surface area contributed by atoms with Crippen LogP contribution in [0.4, 0.5) is 5.95 Å². The molecule has 0 saturated heterocycles. The van der Waals surface area contributed by atoms with Gasteiger partial charge in [0.1, 0.15) is 0 Å². The lowest BCUT2D eigenvalue weighted by atomic mass is 10.5. The first kappa shape index (κ1) is 10.5. The fraction of sp³-hybridized carbons (Fsp3) is 0.500. The van der Waals surface area contributed by atoms with E-state index in [9.17, 15) is 0 Å². The predicted molar refractivity (Wildman–Crippen MR) is 55.7 cm³/mol. The van der Waals surface area contributed by atoms with Crippen LogP contribution in [0, 0.1) is 0 Å². The van der Waals surface area contributed by atoms with Crippen LogP contribution < -0.4 is 4.90 Å². The molecule has 0 amide bonds. The summed E-state index contributed by atoms with van der Waals surface area (Å²) in [6.45, 7) is 1.44. The molecule has 5 heteroatoms. The standard InChI is InChI=1S/C8H11Cl2N3/c9-2-6-13(7-3-10)8-11-4-1-5-12-8/h1,4-5H,2-3,6-7H2. The van der Waals surface area contributed by atoms with Crippen molar-refractivity contribution in [1.82, 2.24) is 9.97 Å². The van der Waals surface area contributed by atoms with E-state index < -0.39 is 0 Å². The van der Waals surface area contributed by atoms with Gasteiger partial charge in [-0.2, -0.15) is 0 Å². The molecule has 0 aliphatic heterocycles. The molecule has 0 saturated carbocycles. The maximum Gasteiger partial charge on any atom is 0.225 e. The van der Waals surface area contributed by atoms with Crippen LogP contribution in [0.5, 0.6) is 0 Å². The number of halogens is 2. The van der Waals surface area contributed by atoms with Crippen LogP contribution in [0.3, 0.4) is 0 Å². The Hall–Kier alpha value is -0.540. The Kier molecular flexibility index (Phi) is 4.86. The van der Waals surface area contributed by atoms with Crippen molar-refractivity contribution >= 4 is 29.2 Å². The molecule has 13 heavy (non-hydrogen) atoms. The minimum absolute atomic E-state index is 0.551. The van der Waals surface area contributed by atoms with Crippen LogP contribution in [0.25, 0.3) is 0 Å². The number of alkyl halides is 2. The van der Waals surface area contributed by atoms with Gasteiger partial charge in [0, 0.05) is 37.2 Å². The summed E-state index contributed by atoms with van der Waals surface area (Å²) in [5.74, 6) is 1.79. The average Bonchev–Trinajstić information content (AvgIpc) is 2.19. The minimum Gasteiger partial charge on any atom is -0.338 e. The van der Waals surface area contributed by atoms with Gasteiger partial charge in [0.25, 0.3) is 0 Å². The Morgan fingerprint density at radius 2 is 1.62 bits per heavy atom. The molecule has 1 aromatic rings. The molecule has 0 N–H and O–H groups in total. The third kappa shape index (κ3) is 3.36. The van der Waals surface area contributed by atoms with E-state index >= 15 is 0 Å². The molecule has 1 rings (SSSR count). The summed E-state index contributed by atoms with van der Waals surface area (Å²) in [5.41, 5.74) is 0. The van der Waals surface area contributed by atoms with Gasteiger partial charge in [0.15, 0.2) is 0 Å². The zero-order valence-electron chi connectivity index (χ0n) is 7.16. The van der Waals surface area contributed by atoms with E-state index in [1.54, 1.807) is 18.5 Å². The van der Waals surface area contributed by atoms with Gasteiger partial charge in [0.2, 0.25) is 5.95 Å². The van der Waals surface area contributed by atoms with Gasteiger partial charge >= 0.3 is 0 Å². The smallest absolute Gasteiger partial charge is 0.225 e. The number of hydrogen-bond acceptors (Lipinski definition) is 3. The summed E-state index contributed by atoms with van der Waals surface area (Å²) in [5, 5.41) is 0. The number of anilines is 1. The maximum atomic E-state index is 5.64. The van der Waals surface area contributed by atoms with Crippen molar-refractivity contribution in [2.75, 3.05) is 29.7 Å². The Morgan fingerprint density at radius 3 is 2.08 bits per heavy atom. The van der Waals surface area contributed by atoms with Gasteiger partial charge in [-0.15, -0.1) is 23.2 Å². The van der Waals surface area contributed by atoms with Crippen molar-refractivity contribution in [3.8, 4) is 0 Å². The predicted octanol–water partition coefficient (Wildman–Crippen LogP) is 1.76. The second kappa shape index (κ2) is 6.00. The van der Waals surface area contributed by atoms with E-state index in [-0.39, 0.29) is 0 Å². The summed E-state index contributed by atoms with van der Waals surface area (Å²) in [7, 11) is 0. The van der Waals surface area contributed by atoms with Crippen molar-refractivity contribution in [2.24, 2.45) is 0 Å². The van der Waals surface area contributed by atoms with E-state index in [0.29, 0.717) is 17.7 Å². The lowest BCUT2D eigenvalue weighted by Gasteiger charge is -2.19. The monoisotopic (exact) mass is 219 g/mol. The highest BCUT2D eigenvalue weighted by Gasteiger charge is 2.06. The summed E-state index contributed by atoms with van der Waals surface area (Å²) in [4.78, 5) is 10.2. The van der Waals surface area contributed by atoms with Crippen molar-refractivity contribution in [2.45, 2.75) is 0 Å². The lowest BCUT2D eigenvalue weighted by Crippen LogP contribution is -2.29. The van der Waals surface area contributed by atoms with Gasteiger partial charge in [-0.05, 0) is 6.07 Å². The fourth-order valence-corrected chi connectivity index (χ4v) is 1.38. The van der Waals surface area contributed by atoms with Crippen LogP contribution >= 0.6 is 23.2 Å². The SMILES string of the molecule is ClCCN(CCCl)c1ncccn1. The number of rotatable bonds is 5. The van der Waals surface area contributed by atoms with E-state index in [1.165, 1.54) is 0 Å². The molecular weight excluding hydrogens is 209 g/mol. The van der Waals surface area contributed by atoms with Gasteiger partial charge in [-0.1, -0.05) is 0 Å². The van der Waals surface area contributed by atoms with E-state index in [2.05, 4.69) is 9.97 Å². The number of hydrogen-bond donors (Lipinski definition) is 0. The summed E-state index contributed by atoms with van der Waals surface area (Å²) in [6, 6.07) is 1.78. The Morgan fingerprint density at radius 1 is 1.08 bits per heavy atom. The molecule has 0 radical (unpaired) electrons. The first-order chi connectivity index (χ1) is 6.38. The molecule has 0 unspecified atom stereocenters. The van der Waals surface area contributed by atoms with Crippen molar-refractivity contribution < 1.29 is 0 Å². The molecule has 0 fully saturated rings. The van der Waals surface area contributed by atoms with Crippen molar-refractivity contribution in [3.05, 3.63) is 18.5 Å². The van der Waals surface area contributed by atoms with E-state index in [4.69, 9.17) is 23.2 Å². The highest BCUT2D eigenvalue weighted by atomic mass is 35.5. The van der Waals surface area contributed by atoms with Crippen molar-refractivity contribution in [3.63, 3.8) is 0 Å². The Balaban J connectivity index is 2.64. The van der Waals surface area contributed by atoms with E-state index in [1.807, 2.05) is 4.90 Å². The normalized spacial score (nSPS) is 10.0. The van der Waals surface area contributed by atoms with Gasteiger partial charge in [-0.25, -0.2) is 9.97 Å². The third-order valence-corrected chi connectivity index (χ3v) is 1.88. The lowest BCUT2D eigenvalue weighted by molar-refractivity contribution is 0.827. The van der Waals surface area contributed by atoms with Gasteiger partial charge in [-0.3, -0.25) is 0 Å². The molecule has 0 aromatic carbocycles. The summed E-state index contributed by atoms with van der Waals surface area (Å²) < 4.78 is 0. The van der Waals surface area contributed by atoms with Crippen LogP contribution in [0.15, 0.2) is 18.5 Å². The van der Waals surface area contributed by atoms with E-state index in [0.717, 1.165) is 13.1 Å². The van der Waals surface area contributed by atoms with Crippen LogP contribution in [-0.2, 0) is 0 Å². The first-order valence-corrected chi connectivity index (χ1v) is 5.09. The first-order valence-electron chi connectivity index (χ1n) is 4.02. The van der Waals surface area contributed by atoms with Crippen molar-refractivity contribution in [1.29, 1.82) is 0 Å². The quantitative estimate of drug-likeness (QED) is 0.708. The zero-order valence-corrected chi connectivity index (χ0v) is 8.67. The average molecular weight is 220 g/mol. The van der Waals surface area contributed by atoms with Crippen LogP contribution in [0.2, 0.25) is 0 Å². The molecule has 3 nitrogen and oxygen atoms in total. The topological polar surface area (TPSA) is 29.0 Å². The fourth-order valence-electron chi connectivity index (χ4n) is 0.970. The molecule has 0 atom stereocenters. The second-order valence-corrected chi connectivity index (χ2v) is 3.17. The Bertz CT molecular complexity index is 224. The Labute approximate surface area is 87.7 Å². The highest BCUT2D eigenvalue weighted by molar-refractivity contribution is 6.18. The third-order valence-electron chi connectivity index (χ3n) is 1.54. The zero-order chi connectivity index (χ0) is 9.52. The summed E-state index contributed by atoms with van der Waals surface area (Å²) >= 11 is 11.3. The maximum absolute atomic E-state index is 5.64. The molecular formula is C8H11Cl2N3. The highest BCUT2D eigenvalue weighted by Crippen LogP contribution is 2.04. The molecule has 0 spiro atoms. The molecule has 72 valence electrons. The number of nitrogens with zero attached hydrogens (tertiary/aromatic N) is 3. The molecule has 1 aromatic heterocycles. The van der Waals surface area contributed by atoms with Crippen LogP contribution in [0.1, 0.15) is 0 Å².